The van der Waals surface area contributed by atoms with Crippen molar-refractivity contribution >= 4 is 0 Å². The van der Waals surface area contributed by atoms with Gasteiger partial charge in [-0.05, 0) is 18.9 Å². The largest absolute Gasteiger partial charge is 0.207 e. The third kappa shape index (κ3) is 4.54. The minimum atomic E-state index is -0.315. The van der Waals surface area contributed by atoms with Crippen LogP contribution in [0.1, 0.15) is 26.7 Å². The summed E-state index contributed by atoms with van der Waals surface area (Å²) in [5, 5.41) is 0. The lowest BCUT2D eigenvalue weighted by atomic mass is 10.1. The number of rotatable bonds is 4. The third-order valence-corrected chi connectivity index (χ3v) is 1.36. The van der Waals surface area contributed by atoms with Crippen LogP contribution < -0.4 is 0 Å². The molecule has 0 fully saturated rings. The van der Waals surface area contributed by atoms with E-state index in [4.69, 9.17) is 0 Å². The van der Waals surface area contributed by atoms with Crippen molar-refractivity contribution in [1.82, 2.24) is 0 Å². The van der Waals surface area contributed by atoms with Gasteiger partial charge >= 0.3 is 0 Å². The smallest absolute Gasteiger partial charge is 0.119 e. The Labute approximate surface area is 68.1 Å². The first-order valence-corrected chi connectivity index (χ1v) is 3.89. The van der Waals surface area contributed by atoms with Crippen molar-refractivity contribution in [3.05, 3.63) is 36.2 Å². The number of hydrogen-bond donors (Lipinski definition) is 0. The molecule has 0 aliphatic heterocycles. The lowest BCUT2D eigenvalue weighted by molar-refractivity contribution is 0.640. The van der Waals surface area contributed by atoms with Gasteiger partial charge in [-0.25, -0.2) is 4.39 Å². The molecule has 0 heterocycles. The highest BCUT2D eigenvalue weighted by Gasteiger charge is 1.97. The molecule has 0 bridgehead atoms. The van der Waals surface area contributed by atoms with E-state index in [0.717, 1.165) is 12.8 Å². The molecule has 0 unspecified atom stereocenters. The summed E-state index contributed by atoms with van der Waals surface area (Å²) in [5.41, 5.74) is 0.700. The molecule has 0 aliphatic carbocycles. The molecular weight excluding hydrogens is 139 g/mol. The molecule has 0 rings (SSSR count). The Morgan fingerprint density at radius 3 is 2.55 bits per heavy atom. The summed E-state index contributed by atoms with van der Waals surface area (Å²) < 4.78 is 12.6. The zero-order valence-electron chi connectivity index (χ0n) is 7.23. The minimum Gasteiger partial charge on any atom is -0.207 e. The summed E-state index contributed by atoms with van der Waals surface area (Å²) in [5.74, 6) is -0.315. The van der Waals surface area contributed by atoms with Crippen molar-refractivity contribution in [2.75, 3.05) is 0 Å². The quantitative estimate of drug-likeness (QED) is 0.541. The van der Waals surface area contributed by atoms with Gasteiger partial charge in [0.25, 0.3) is 0 Å². The second kappa shape index (κ2) is 5.90. The van der Waals surface area contributed by atoms with E-state index in [1.165, 1.54) is 0 Å². The zero-order valence-corrected chi connectivity index (χ0v) is 7.23. The van der Waals surface area contributed by atoms with Gasteiger partial charge in [0.15, 0.2) is 0 Å². The standard InChI is InChI=1S/C10H15F/c1-4-6-8-10(7-5-2)9(3)11/h4,6,8H,3,5,7H2,1-2H3/b6-4-,10-8-. The second-order valence-electron chi connectivity index (χ2n) is 2.37. The lowest BCUT2D eigenvalue weighted by Crippen LogP contribution is -1.81. The number of hydrogen-bond acceptors (Lipinski definition) is 0. The van der Waals surface area contributed by atoms with E-state index in [1.807, 2.05) is 26.0 Å². The van der Waals surface area contributed by atoms with E-state index in [2.05, 4.69) is 6.58 Å². The molecule has 0 aromatic carbocycles. The summed E-state index contributed by atoms with van der Waals surface area (Å²) in [4.78, 5) is 0. The highest BCUT2D eigenvalue weighted by molar-refractivity contribution is 5.26. The van der Waals surface area contributed by atoms with Gasteiger partial charge in [0.1, 0.15) is 5.83 Å². The predicted octanol–water partition coefficient (Wildman–Crippen LogP) is 3.77. The molecule has 0 aromatic heterocycles. The van der Waals surface area contributed by atoms with Gasteiger partial charge in [0.2, 0.25) is 0 Å². The molecular formula is C10H15F. The van der Waals surface area contributed by atoms with E-state index in [1.54, 1.807) is 6.08 Å². The first-order valence-electron chi connectivity index (χ1n) is 3.89. The van der Waals surface area contributed by atoms with Crippen LogP contribution in [0.15, 0.2) is 36.2 Å². The first kappa shape index (κ1) is 10.2. The van der Waals surface area contributed by atoms with Crippen LogP contribution >= 0.6 is 0 Å². The average molecular weight is 154 g/mol. The molecule has 0 spiro atoms. The van der Waals surface area contributed by atoms with E-state index in [0.29, 0.717) is 5.57 Å². The van der Waals surface area contributed by atoms with Crippen LogP contribution in [0.5, 0.6) is 0 Å². The summed E-state index contributed by atoms with van der Waals surface area (Å²) in [6.45, 7) is 7.18. The van der Waals surface area contributed by atoms with Gasteiger partial charge in [0.05, 0.1) is 0 Å². The molecule has 11 heavy (non-hydrogen) atoms. The molecule has 0 amide bonds. The van der Waals surface area contributed by atoms with E-state index < -0.39 is 0 Å². The maximum atomic E-state index is 12.6. The van der Waals surface area contributed by atoms with Crippen LogP contribution in [0, 0.1) is 0 Å². The van der Waals surface area contributed by atoms with Crippen molar-refractivity contribution in [1.29, 1.82) is 0 Å². The van der Waals surface area contributed by atoms with Crippen LogP contribution in [-0.2, 0) is 0 Å². The topological polar surface area (TPSA) is 0 Å². The molecule has 0 radical (unpaired) electrons. The Morgan fingerprint density at radius 1 is 1.55 bits per heavy atom. The van der Waals surface area contributed by atoms with Crippen LogP contribution in [0.4, 0.5) is 4.39 Å². The van der Waals surface area contributed by atoms with Crippen LogP contribution in [0.2, 0.25) is 0 Å². The number of halogens is 1. The summed E-state index contributed by atoms with van der Waals surface area (Å²) in [6.07, 6.45) is 7.19. The predicted molar refractivity (Wildman–Crippen MR) is 48.1 cm³/mol. The molecule has 0 atom stereocenters. The van der Waals surface area contributed by atoms with E-state index >= 15 is 0 Å². The highest BCUT2D eigenvalue weighted by atomic mass is 19.1. The van der Waals surface area contributed by atoms with Crippen molar-refractivity contribution < 1.29 is 4.39 Å². The summed E-state index contributed by atoms with van der Waals surface area (Å²) in [7, 11) is 0. The normalized spacial score (nSPS) is 12.5. The highest BCUT2D eigenvalue weighted by Crippen LogP contribution is 2.15. The third-order valence-electron chi connectivity index (χ3n) is 1.36. The molecule has 62 valence electrons. The SMILES string of the molecule is C=C(F)/C(=C\C=C/C)CCC. The lowest BCUT2D eigenvalue weighted by Gasteiger charge is -1.98. The van der Waals surface area contributed by atoms with Gasteiger partial charge in [0, 0.05) is 0 Å². The van der Waals surface area contributed by atoms with Crippen molar-refractivity contribution in [2.24, 2.45) is 0 Å². The fourth-order valence-electron chi connectivity index (χ4n) is 0.791. The van der Waals surface area contributed by atoms with Crippen molar-refractivity contribution in [2.45, 2.75) is 26.7 Å². The van der Waals surface area contributed by atoms with E-state index in [9.17, 15) is 4.39 Å². The molecule has 0 aromatic rings. The Kier molecular flexibility index (Phi) is 5.44. The van der Waals surface area contributed by atoms with Gasteiger partial charge in [-0.1, -0.05) is 38.2 Å². The van der Waals surface area contributed by atoms with Crippen molar-refractivity contribution in [3.63, 3.8) is 0 Å². The molecule has 0 nitrogen and oxygen atoms in total. The monoisotopic (exact) mass is 154 g/mol. The van der Waals surface area contributed by atoms with Gasteiger partial charge < -0.3 is 0 Å². The summed E-state index contributed by atoms with van der Waals surface area (Å²) >= 11 is 0. The molecule has 0 aliphatic rings. The Balaban J connectivity index is 4.20. The Morgan fingerprint density at radius 2 is 2.18 bits per heavy atom. The fraction of sp³-hybridized carbons (Fsp3) is 0.400. The Bertz CT molecular complexity index is 175. The average Bonchev–Trinajstić information content (AvgIpc) is 1.97. The minimum absolute atomic E-state index is 0.315. The fourth-order valence-corrected chi connectivity index (χ4v) is 0.791. The zero-order chi connectivity index (χ0) is 8.69. The maximum absolute atomic E-state index is 12.6. The van der Waals surface area contributed by atoms with E-state index in [-0.39, 0.29) is 5.83 Å². The number of allylic oxidation sites excluding steroid dienone is 5. The van der Waals surface area contributed by atoms with Crippen LogP contribution in [-0.4, -0.2) is 0 Å². The van der Waals surface area contributed by atoms with Gasteiger partial charge in [-0.3, -0.25) is 0 Å². The van der Waals surface area contributed by atoms with Gasteiger partial charge in [-0.15, -0.1) is 0 Å². The first-order chi connectivity index (χ1) is 5.22. The molecule has 0 saturated carbocycles. The van der Waals surface area contributed by atoms with Crippen LogP contribution in [0.25, 0.3) is 0 Å². The second-order valence-corrected chi connectivity index (χ2v) is 2.37. The molecule has 0 saturated heterocycles. The molecule has 0 N–H and O–H groups in total. The maximum Gasteiger partial charge on any atom is 0.119 e. The molecule has 1 heteroatoms. The van der Waals surface area contributed by atoms with Crippen molar-refractivity contribution in [3.8, 4) is 0 Å². The van der Waals surface area contributed by atoms with Gasteiger partial charge in [-0.2, -0.15) is 0 Å². The summed E-state index contributed by atoms with van der Waals surface area (Å²) in [6, 6.07) is 0. The Hall–Kier alpha value is -0.850. The van der Waals surface area contributed by atoms with Crippen LogP contribution in [0.3, 0.4) is 0 Å².